The molecule has 0 bridgehead atoms. The Bertz CT molecular complexity index is 349. The highest BCUT2D eigenvalue weighted by atomic mass is 16.5. The Hall–Kier alpha value is -1.06. The van der Waals surface area contributed by atoms with Gasteiger partial charge in [-0.2, -0.15) is 0 Å². The van der Waals surface area contributed by atoms with Crippen LogP contribution in [0.3, 0.4) is 0 Å². The summed E-state index contributed by atoms with van der Waals surface area (Å²) in [6, 6.07) is 5.88. The van der Waals surface area contributed by atoms with Gasteiger partial charge in [-0.25, -0.2) is 0 Å². The van der Waals surface area contributed by atoms with Gasteiger partial charge in [0.2, 0.25) is 0 Å². The average Bonchev–Trinajstić information content (AvgIpc) is 2.66. The molecule has 1 aromatic carbocycles. The zero-order valence-corrected chi connectivity index (χ0v) is 9.35. The Labute approximate surface area is 95.7 Å². The van der Waals surface area contributed by atoms with Crippen LogP contribution in [0.25, 0.3) is 0 Å². The lowest BCUT2D eigenvalue weighted by molar-refractivity contribution is 0.180. The van der Waals surface area contributed by atoms with Crippen LogP contribution in [0, 0.1) is 0 Å². The first-order chi connectivity index (χ1) is 7.81. The molecule has 0 aliphatic heterocycles. The lowest BCUT2D eigenvalue weighted by Gasteiger charge is -2.08. The third-order valence-corrected chi connectivity index (χ3v) is 2.98. The molecule has 0 radical (unpaired) electrons. The van der Waals surface area contributed by atoms with Crippen molar-refractivity contribution in [3.63, 3.8) is 0 Å². The van der Waals surface area contributed by atoms with Crippen molar-refractivity contribution in [3.8, 4) is 5.75 Å². The molecule has 0 aromatic heterocycles. The molecule has 0 fully saturated rings. The molecule has 2 rings (SSSR count). The fraction of sp³-hybridized carbons (Fsp3) is 0.538. The SMILES string of the molecule is OCCCCOc1ccc2c(c1)CC[C@@H]2O. The predicted octanol–water partition coefficient (Wildman–Crippen LogP) is 1.82. The smallest absolute Gasteiger partial charge is 0.119 e. The maximum absolute atomic E-state index is 9.65. The molecule has 0 heterocycles. The lowest BCUT2D eigenvalue weighted by Crippen LogP contribution is -1.99. The number of aliphatic hydroxyl groups is 2. The van der Waals surface area contributed by atoms with E-state index in [4.69, 9.17) is 9.84 Å². The van der Waals surface area contributed by atoms with Gasteiger partial charge in [0.25, 0.3) is 0 Å². The van der Waals surface area contributed by atoms with Gasteiger partial charge in [0.05, 0.1) is 12.7 Å². The third-order valence-electron chi connectivity index (χ3n) is 2.98. The predicted molar refractivity (Wildman–Crippen MR) is 61.5 cm³/mol. The van der Waals surface area contributed by atoms with Crippen LogP contribution in [-0.2, 0) is 6.42 Å². The molecular formula is C13H18O3. The molecule has 1 atom stereocenters. The molecule has 1 aromatic rings. The molecule has 2 N–H and O–H groups in total. The van der Waals surface area contributed by atoms with Crippen molar-refractivity contribution in [3.05, 3.63) is 29.3 Å². The van der Waals surface area contributed by atoms with Crippen LogP contribution >= 0.6 is 0 Å². The molecule has 3 heteroatoms. The third kappa shape index (κ3) is 2.54. The number of unbranched alkanes of at least 4 members (excludes halogenated alkanes) is 1. The standard InChI is InChI=1S/C13H18O3/c14-7-1-2-8-16-11-4-5-12-10(9-11)3-6-13(12)15/h4-5,9,13-15H,1-3,6-8H2/t13-/m0/s1. The van der Waals surface area contributed by atoms with Crippen LogP contribution < -0.4 is 4.74 Å². The Morgan fingerprint density at radius 3 is 3.00 bits per heavy atom. The number of hydrogen-bond donors (Lipinski definition) is 2. The van der Waals surface area contributed by atoms with Crippen molar-refractivity contribution in [2.75, 3.05) is 13.2 Å². The van der Waals surface area contributed by atoms with Crippen LogP contribution in [-0.4, -0.2) is 23.4 Å². The first-order valence-corrected chi connectivity index (χ1v) is 5.86. The van der Waals surface area contributed by atoms with Crippen molar-refractivity contribution < 1.29 is 14.9 Å². The fourth-order valence-corrected chi connectivity index (χ4v) is 2.07. The van der Waals surface area contributed by atoms with Gasteiger partial charge in [-0.15, -0.1) is 0 Å². The minimum atomic E-state index is -0.293. The van der Waals surface area contributed by atoms with Crippen molar-refractivity contribution in [1.82, 2.24) is 0 Å². The monoisotopic (exact) mass is 222 g/mol. The highest BCUT2D eigenvalue weighted by Gasteiger charge is 2.20. The lowest BCUT2D eigenvalue weighted by atomic mass is 10.1. The quantitative estimate of drug-likeness (QED) is 0.747. The molecule has 3 nitrogen and oxygen atoms in total. The van der Waals surface area contributed by atoms with Crippen molar-refractivity contribution in [2.24, 2.45) is 0 Å². The first-order valence-electron chi connectivity index (χ1n) is 5.86. The van der Waals surface area contributed by atoms with Gasteiger partial charge in [-0.05, 0) is 48.9 Å². The second-order valence-electron chi connectivity index (χ2n) is 4.19. The summed E-state index contributed by atoms with van der Waals surface area (Å²) in [7, 11) is 0. The first kappa shape index (κ1) is 11.4. The van der Waals surface area contributed by atoms with E-state index < -0.39 is 0 Å². The molecule has 0 unspecified atom stereocenters. The normalized spacial score (nSPS) is 18.5. The van der Waals surface area contributed by atoms with E-state index in [0.29, 0.717) is 6.61 Å². The van der Waals surface area contributed by atoms with Gasteiger partial charge in [-0.1, -0.05) is 6.07 Å². The molecule has 0 amide bonds. The largest absolute Gasteiger partial charge is 0.494 e. The minimum absolute atomic E-state index is 0.222. The van der Waals surface area contributed by atoms with Gasteiger partial charge in [0.15, 0.2) is 0 Å². The van der Waals surface area contributed by atoms with Crippen molar-refractivity contribution in [2.45, 2.75) is 31.8 Å². The van der Waals surface area contributed by atoms with Gasteiger partial charge >= 0.3 is 0 Å². The molecule has 88 valence electrons. The van der Waals surface area contributed by atoms with Crippen molar-refractivity contribution in [1.29, 1.82) is 0 Å². The van der Waals surface area contributed by atoms with E-state index in [2.05, 4.69) is 0 Å². The topological polar surface area (TPSA) is 49.7 Å². The Morgan fingerprint density at radius 1 is 1.31 bits per heavy atom. The summed E-state index contributed by atoms with van der Waals surface area (Å²) < 4.78 is 5.58. The van der Waals surface area contributed by atoms with E-state index in [1.54, 1.807) is 0 Å². The van der Waals surface area contributed by atoms with E-state index in [-0.39, 0.29) is 12.7 Å². The van der Waals surface area contributed by atoms with Gasteiger partial charge in [0, 0.05) is 6.61 Å². The summed E-state index contributed by atoms with van der Waals surface area (Å²) in [5.74, 6) is 0.866. The van der Waals surface area contributed by atoms with Crippen LogP contribution in [0.5, 0.6) is 5.75 Å². The van der Waals surface area contributed by atoms with Crippen LogP contribution in [0.1, 0.15) is 36.5 Å². The number of fused-ring (bicyclic) bond motifs is 1. The molecule has 0 saturated heterocycles. The second kappa shape index (κ2) is 5.32. The minimum Gasteiger partial charge on any atom is -0.494 e. The summed E-state index contributed by atoms with van der Waals surface area (Å²) in [5.41, 5.74) is 2.25. The summed E-state index contributed by atoms with van der Waals surface area (Å²) in [5, 5.41) is 18.3. The zero-order valence-electron chi connectivity index (χ0n) is 9.35. The molecule has 0 saturated carbocycles. The Balaban J connectivity index is 1.92. The average molecular weight is 222 g/mol. The fourth-order valence-electron chi connectivity index (χ4n) is 2.07. The highest BCUT2D eigenvalue weighted by molar-refractivity contribution is 5.39. The van der Waals surface area contributed by atoms with Crippen molar-refractivity contribution >= 4 is 0 Å². The van der Waals surface area contributed by atoms with E-state index in [0.717, 1.165) is 37.0 Å². The van der Waals surface area contributed by atoms with Gasteiger partial charge in [0.1, 0.15) is 5.75 Å². The molecule has 1 aliphatic rings. The molecule has 0 spiro atoms. The van der Waals surface area contributed by atoms with E-state index in [1.165, 1.54) is 5.56 Å². The summed E-state index contributed by atoms with van der Waals surface area (Å²) >= 11 is 0. The summed E-state index contributed by atoms with van der Waals surface area (Å²) in [6.07, 6.45) is 3.12. The highest BCUT2D eigenvalue weighted by Crippen LogP contribution is 2.33. The number of aryl methyl sites for hydroxylation is 1. The summed E-state index contributed by atoms with van der Waals surface area (Å²) in [6.45, 7) is 0.863. The number of aliphatic hydroxyl groups excluding tert-OH is 2. The molecular weight excluding hydrogens is 204 g/mol. The van der Waals surface area contributed by atoms with Gasteiger partial charge < -0.3 is 14.9 Å². The molecule has 1 aliphatic carbocycles. The van der Waals surface area contributed by atoms with Crippen LogP contribution in [0.15, 0.2) is 18.2 Å². The maximum atomic E-state index is 9.65. The van der Waals surface area contributed by atoms with Crippen LogP contribution in [0.2, 0.25) is 0 Å². The maximum Gasteiger partial charge on any atom is 0.119 e. The number of benzene rings is 1. The number of ether oxygens (including phenoxy) is 1. The zero-order chi connectivity index (χ0) is 11.4. The second-order valence-corrected chi connectivity index (χ2v) is 4.19. The number of hydrogen-bond acceptors (Lipinski definition) is 3. The summed E-state index contributed by atoms with van der Waals surface area (Å²) in [4.78, 5) is 0. The Morgan fingerprint density at radius 2 is 2.19 bits per heavy atom. The van der Waals surface area contributed by atoms with Crippen LogP contribution in [0.4, 0.5) is 0 Å². The Kier molecular flexibility index (Phi) is 3.80. The van der Waals surface area contributed by atoms with E-state index >= 15 is 0 Å². The van der Waals surface area contributed by atoms with Gasteiger partial charge in [-0.3, -0.25) is 0 Å². The molecule has 16 heavy (non-hydrogen) atoms. The number of rotatable bonds is 5. The van der Waals surface area contributed by atoms with E-state index in [9.17, 15) is 5.11 Å². The van der Waals surface area contributed by atoms with E-state index in [1.807, 2.05) is 18.2 Å².